The van der Waals surface area contributed by atoms with Crippen LogP contribution in [0.3, 0.4) is 0 Å². The van der Waals surface area contributed by atoms with Gasteiger partial charge in [0, 0.05) is 27.8 Å². The molecule has 0 heterocycles. The zero-order valence-corrected chi connectivity index (χ0v) is 20.3. The molecular weight excluding hydrogens is 517 g/mol. The molecule has 0 saturated carbocycles. The molecule has 0 radical (unpaired) electrons. The third-order valence-corrected chi connectivity index (χ3v) is 6.52. The number of benzene rings is 3. The van der Waals surface area contributed by atoms with Crippen LogP contribution in [-0.4, -0.2) is 35.7 Å². The number of hydroxylamine groups is 1. The fraction of sp³-hybridized carbons (Fsp3) is 0.200. The first-order valence-corrected chi connectivity index (χ1v) is 12.1. The van der Waals surface area contributed by atoms with Gasteiger partial charge in [-0.2, -0.15) is 0 Å². The summed E-state index contributed by atoms with van der Waals surface area (Å²) in [5.41, 5.74) is 3.83. The predicted octanol–water partition coefficient (Wildman–Crippen LogP) is 5.94. The quantitative estimate of drug-likeness (QED) is 0.169. The maximum Gasteiger partial charge on any atom is 0.573 e. The average Bonchev–Trinajstić information content (AvgIpc) is 2.86. The molecule has 6 nitrogen and oxygen atoms in total. The summed E-state index contributed by atoms with van der Waals surface area (Å²) in [5, 5.41) is 12.4. The van der Waals surface area contributed by atoms with Crippen molar-refractivity contribution >= 4 is 35.2 Å². The third-order valence-electron chi connectivity index (χ3n) is 5.09. The number of hydrogen-bond donors (Lipinski definition) is 3. The molecule has 3 rings (SSSR count). The molecule has 0 fully saturated rings. The molecule has 190 valence electrons. The summed E-state index contributed by atoms with van der Waals surface area (Å²) in [5.74, 6) is -1.77. The highest BCUT2D eigenvalue weighted by atomic mass is 35.5. The number of rotatable bonds is 10. The van der Waals surface area contributed by atoms with E-state index < -0.39 is 29.8 Å². The molecule has 0 aliphatic heterocycles. The van der Waals surface area contributed by atoms with Crippen LogP contribution < -0.4 is 15.5 Å². The van der Waals surface area contributed by atoms with Crippen molar-refractivity contribution in [1.29, 1.82) is 0 Å². The van der Waals surface area contributed by atoms with Crippen molar-refractivity contribution in [2.75, 3.05) is 12.3 Å². The van der Waals surface area contributed by atoms with E-state index >= 15 is 0 Å². The van der Waals surface area contributed by atoms with Crippen LogP contribution in [0.25, 0.3) is 11.1 Å². The molecule has 3 aromatic carbocycles. The molecule has 0 aromatic heterocycles. The first kappa shape index (κ1) is 27.4. The largest absolute Gasteiger partial charge is 0.573 e. The van der Waals surface area contributed by atoms with E-state index in [4.69, 9.17) is 16.8 Å². The Kier molecular flexibility index (Phi) is 9.63. The van der Waals surface area contributed by atoms with Gasteiger partial charge in [0.2, 0.25) is 5.91 Å². The maximum absolute atomic E-state index is 12.3. The van der Waals surface area contributed by atoms with E-state index in [1.165, 1.54) is 23.9 Å². The van der Waals surface area contributed by atoms with Crippen LogP contribution in [0.4, 0.5) is 13.2 Å². The van der Waals surface area contributed by atoms with Crippen molar-refractivity contribution in [3.63, 3.8) is 0 Å². The van der Waals surface area contributed by atoms with Gasteiger partial charge in [-0.15, -0.1) is 24.9 Å². The van der Waals surface area contributed by atoms with E-state index in [2.05, 4.69) is 10.1 Å². The van der Waals surface area contributed by atoms with Crippen LogP contribution >= 0.6 is 23.4 Å². The van der Waals surface area contributed by atoms with Crippen molar-refractivity contribution in [2.45, 2.75) is 17.7 Å². The monoisotopic (exact) mass is 538 g/mol. The second kappa shape index (κ2) is 12.7. The number of halogens is 4. The van der Waals surface area contributed by atoms with Crippen LogP contribution in [0.15, 0.2) is 77.7 Å². The number of carbonyl (C=O) groups excluding carboxylic acids is 2. The van der Waals surface area contributed by atoms with Crippen molar-refractivity contribution in [2.24, 2.45) is 5.92 Å². The van der Waals surface area contributed by atoms with E-state index in [0.717, 1.165) is 28.2 Å². The molecule has 0 spiro atoms. The number of carbonyl (C=O) groups is 2. The number of thioether (sulfide) groups is 1. The minimum Gasteiger partial charge on any atom is -0.406 e. The van der Waals surface area contributed by atoms with Gasteiger partial charge in [0.05, 0.1) is 5.92 Å². The van der Waals surface area contributed by atoms with Gasteiger partial charge >= 0.3 is 6.36 Å². The molecule has 36 heavy (non-hydrogen) atoms. The van der Waals surface area contributed by atoms with Crippen molar-refractivity contribution in [3.05, 3.63) is 83.4 Å². The summed E-state index contributed by atoms with van der Waals surface area (Å²) in [6.07, 6.45) is -4.58. The third kappa shape index (κ3) is 8.47. The molecule has 11 heteroatoms. The Morgan fingerprint density at radius 3 is 2.08 bits per heavy atom. The molecule has 0 aliphatic rings. The lowest BCUT2D eigenvalue weighted by molar-refractivity contribution is -0.274. The Morgan fingerprint density at radius 1 is 0.944 bits per heavy atom. The smallest absolute Gasteiger partial charge is 0.406 e. The Labute approximate surface area is 214 Å². The molecule has 2 amide bonds. The van der Waals surface area contributed by atoms with Crippen molar-refractivity contribution in [3.8, 4) is 16.9 Å². The molecule has 3 aromatic rings. The van der Waals surface area contributed by atoms with Gasteiger partial charge in [0.15, 0.2) is 0 Å². The molecule has 0 aliphatic carbocycles. The Hall–Kier alpha value is -3.21. The van der Waals surface area contributed by atoms with Crippen LogP contribution in [0, 0.1) is 5.92 Å². The number of alkyl halides is 3. The van der Waals surface area contributed by atoms with Crippen molar-refractivity contribution in [1.82, 2.24) is 10.8 Å². The number of hydrogen-bond acceptors (Lipinski definition) is 5. The number of amides is 2. The van der Waals surface area contributed by atoms with Gasteiger partial charge in [0.1, 0.15) is 5.75 Å². The zero-order chi connectivity index (χ0) is 26.1. The Balaban J connectivity index is 1.50. The van der Waals surface area contributed by atoms with Gasteiger partial charge in [0.25, 0.3) is 5.91 Å². The van der Waals surface area contributed by atoms with E-state index in [-0.39, 0.29) is 18.5 Å². The summed E-state index contributed by atoms with van der Waals surface area (Å²) in [7, 11) is 0. The van der Waals surface area contributed by atoms with Crippen LogP contribution in [-0.2, 0) is 4.79 Å². The molecular formula is C25H22ClF3N2O4S. The highest BCUT2D eigenvalue weighted by molar-refractivity contribution is 7.99. The average molecular weight is 539 g/mol. The highest BCUT2D eigenvalue weighted by Gasteiger charge is 2.31. The fourth-order valence-corrected chi connectivity index (χ4v) is 4.40. The van der Waals surface area contributed by atoms with Gasteiger partial charge in [-0.1, -0.05) is 35.9 Å². The fourth-order valence-electron chi connectivity index (χ4n) is 3.23. The molecule has 0 saturated heterocycles. The second-order valence-corrected chi connectivity index (χ2v) is 9.16. The normalized spacial score (nSPS) is 12.0. The topological polar surface area (TPSA) is 87.7 Å². The van der Waals surface area contributed by atoms with Gasteiger partial charge in [-0.3, -0.25) is 14.8 Å². The summed E-state index contributed by atoms with van der Waals surface area (Å²) in [6.45, 7) is 0.119. The summed E-state index contributed by atoms with van der Waals surface area (Å²) < 4.78 is 40.5. The van der Waals surface area contributed by atoms with Gasteiger partial charge in [-0.05, 0) is 66.1 Å². The SMILES string of the molecule is O=C(NCCC(CSc1ccc(-c2ccc(Cl)cc2)cc1)C(=O)NO)c1ccc(OC(F)(F)F)cc1. The summed E-state index contributed by atoms with van der Waals surface area (Å²) in [6, 6.07) is 19.7. The molecule has 3 N–H and O–H groups in total. The van der Waals surface area contributed by atoms with Crippen molar-refractivity contribution < 1.29 is 32.7 Å². The lowest BCUT2D eigenvalue weighted by Gasteiger charge is -2.15. The maximum atomic E-state index is 12.3. The lowest BCUT2D eigenvalue weighted by atomic mass is 10.1. The molecule has 1 unspecified atom stereocenters. The molecule has 1 atom stereocenters. The summed E-state index contributed by atoms with van der Waals surface area (Å²) >= 11 is 7.35. The Morgan fingerprint density at radius 2 is 1.53 bits per heavy atom. The summed E-state index contributed by atoms with van der Waals surface area (Å²) in [4.78, 5) is 25.3. The van der Waals surface area contributed by atoms with Gasteiger partial charge in [-0.25, -0.2) is 5.48 Å². The number of nitrogens with one attached hydrogen (secondary N) is 2. The minimum absolute atomic E-state index is 0.119. The van der Waals surface area contributed by atoms with E-state index in [1.807, 2.05) is 48.5 Å². The van der Waals surface area contributed by atoms with Crippen LogP contribution in [0.5, 0.6) is 5.75 Å². The van der Waals surface area contributed by atoms with Crippen LogP contribution in [0.1, 0.15) is 16.8 Å². The highest BCUT2D eigenvalue weighted by Crippen LogP contribution is 2.27. The first-order valence-electron chi connectivity index (χ1n) is 10.7. The Bertz CT molecular complexity index is 1160. The van der Waals surface area contributed by atoms with E-state index in [0.29, 0.717) is 10.8 Å². The standard InChI is InChI=1S/C25H22ClF3N2O4S/c26-20-7-1-16(2-8-20)17-5-11-22(12-6-17)36-15-19(24(33)31-34)13-14-30-23(32)18-3-9-21(10-4-18)35-25(27,28)29/h1-12,19,34H,13-15H2,(H,30,32)(H,31,33). The first-order chi connectivity index (χ1) is 17.1. The lowest BCUT2D eigenvalue weighted by Crippen LogP contribution is -2.33. The zero-order valence-electron chi connectivity index (χ0n) is 18.7. The van der Waals surface area contributed by atoms with Crippen LogP contribution in [0.2, 0.25) is 5.02 Å². The van der Waals surface area contributed by atoms with E-state index in [9.17, 15) is 22.8 Å². The predicted molar refractivity (Wildman–Crippen MR) is 131 cm³/mol. The molecule has 0 bridgehead atoms. The minimum atomic E-state index is -4.82. The van der Waals surface area contributed by atoms with Gasteiger partial charge < -0.3 is 10.1 Å². The second-order valence-electron chi connectivity index (χ2n) is 7.63. The van der Waals surface area contributed by atoms with E-state index in [1.54, 1.807) is 5.48 Å². The number of ether oxygens (including phenoxy) is 1.